The predicted octanol–water partition coefficient (Wildman–Crippen LogP) is 2.69. The van der Waals surface area contributed by atoms with E-state index >= 15 is 0 Å². The Morgan fingerprint density at radius 3 is 2.68 bits per heavy atom. The van der Waals surface area contributed by atoms with Crippen molar-refractivity contribution in [2.24, 2.45) is 7.05 Å². The van der Waals surface area contributed by atoms with E-state index in [9.17, 15) is 18.0 Å². The van der Waals surface area contributed by atoms with Crippen LogP contribution in [-0.4, -0.2) is 15.7 Å². The zero-order valence-electron chi connectivity index (χ0n) is 9.90. The smallest absolute Gasteiger partial charge is 0.319 e. The maximum Gasteiger partial charge on any atom is 0.416 e. The number of carbonyl (C=O) groups is 1. The second-order valence-corrected chi connectivity index (χ2v) is 3.94. The van der Waals surface area contributed by atoms with Gasteiger partial charge in [0.25, 0.3) is 5.91 Å². The van der Waals surface area contributed by atoms with E-state index in [1.54, 1.807) is 13.2 Å². The molecule has 7 heteroatoms. The number of benzene rings is 1. The number of carbonyl (C=O) groups excluding carboxylic acids is 1. The number of alkyl halides is 3. The van der Waals surface area contributed by atoms with Gasteiger partial charge in [0.05, 0.1) is 17.4 Å². The van der Waals surface area contributed by atoms with Gasteiger partial charge in [-0.3, -0.25) is 9.48 Å². The third-order valence-electron chi connectivity index (χ3n) is 2.41. The Kier molecular flexibility index (Phi) is 3.28. The number of aryl methyl sites for hydroxylation is 1. The fraction of sp³-hybridized carbons (Fsp3) is 0.167. The molecule has 0 aliphatic rings. The molecule has 0 aliphatic heterocycles. The van der Waals surface area contributed by atoms with Crippen LogP contribution in [0.2, 0.25) is 0 Å². The van der Waals surface area contributed by atoms with Crippen molar-refractivity contribution in [3.05, 3.63) is 47.8 Å². The molecule has 19 heavy (non-hydrogen) atoms. The van der Waals surface area contributed by atoms with Gasteiger partial charge in [-0.1, -0.05) is 6.07 Å². The zero-order valence-corrected chi connectivity index (χ0v) is 9.90. The Morgan fingerprint density at radius 1 is 1.37 bits per heavy atom. The topological polar surface area (TPSA) is 46.9 Å². The summed E-state index contributed by atoms with van der Waals surface area (Å²) < 4.78 is 39.0. The lowest BCUT2D eigenvalue weighted by molar-refractivity contribution is -0.137. The van der Waals surface area contributed by atoms with E-state index in [1.165, 1.54) is 23.0 Å². The van der Waals surface area contributed by atoms with Crippen LogP contribution < -0.4 is 5.32 Å². The molecule has 1 heterocycles. The molecular formula is C12H10F3N3O. The van der Waals surface area contributed by atoms with E-state index < -0.39 is 17.6 Å². The lowest BCUT2D eigenvalue weighted by Crippen LogP contribution is -2.13. The summed E-state index contributed by atoms with van der Waals surface area (Å²) in [4.78, 5) is 11.8. The number of hydrogen-bond acceptors (Lipinski definition) is 2. The zero-order chi connectivity index (χ0) is 14.0. The van der Waals surface area contributed by atoms with Gasteiger partial charge >= 0.3 is 6.18 Å². The summed E-state index contributed by atoms with van der Waals surface area (Å²) in [7, 11) is 1.67. The molecule has 2 aromatic rings. The van der Waals surface area contributed by atoms with E-state index in [2.05, 4.69) is 10.4 Å². The molecule has 2 rings (SSSR count). The first kappa shape index (κ1) is 13.1. The van der Waals surface area contributed by atoms with Crippen LogP contribution in [0.25, 0.3) is 0 Å². The van der Waals surface area contributed by atoms with Crippen LogP contribution in [0.3, 0.4) is 0 Å². The van der Waals surface area contributed by atoms with Crippen molar-refractivity contribution in [3.63, 3.8) is 0 Å². The minimum absolute atomic E-state index is 0.0568. The molecule has 1 amide bonds. The number of halogens is 3. The molecule has 0 radical (unpaired) electrons. The Balaban J connectivity index is 2.20. The monoisotopic (exact) mass is 269 g/mol. The molecule has 0 atom stereocenters. The van der Waals surface area contributed by atoms with Crippen molar-refractivity contribution in [1.29, 1.82) is 0 Å². The van der Waals surface area contributed by atoms with E-state index in [4.69, 9.17) is 0 Å². The van der Waals surface area contributed by atoms with Crippen LogP contribution >= 0.6 is 0 Å². The molecule has 0 unspecified atom stereocenters. The van der Waals surface area contributed by atoms with Gasteiger partial charge in [0.15, 0.2) is 0 Å². The highest BCUT2D eigenvalue weighted by Gasteiger charge is 2.30. The molecular weight excluding hydrogens is 259 g/mol. The molecule has 1 N–H and O–H groups in total. The van der Waals surface area contributed by atoms with Gasteiger partial charge in [-0.2, -0.15) is 18.3 Å². The predicted molar refractivity (Wildman–Crippen MR) is 62.6 cm³/mol. The summed E-state index contributed by atoms with van der Waals surface area (Å²) >= 11 is 0. The van der Waals surface area contributed by atoms with Gasteiger partial charge in [0.2, 0.25) is 0 Å². The Labute approximate surface area is 106 Å². The Morgan fingerprint density at radius 2 is 2.11 bits per heavy atom. The van der Waals surface area contributed by atoms with E-state index in [1.807, 2.05) is 0 Å². The van der Waals surface area contributed by atoms with Crippen LogP contribution in [-0.2, 0) is 13.2 Å². The van der Waals surface area contributed by atoms with Crippen molar-refractivity contribution < 1.29 is 18.0 Å². The third kappa shape index (κ3) is 3.12. The number of aromatic nitrogens is 2. The van der Waals surface area contributed by atoms with Crippen LogP contribution in [0.15, 0.2) is 36.7 Å². The molecule has 1 aromatic heterocycles. The molecule has 0 aliphatic carbocycles. The van der Waals surface area contributed by atoms with Gasteiger partial charge in [-0.15, -0.1) is 0 Å². The van der Waals surface area contributed by atoms with Crippen molar-refractivity contribution in [1.82, 2.24) is 9.78 Å². The molecule has 0 fully saturated rings. The average molecular weight is 269 g/mol. The summed E-state index contributed by atoms with van der Waals surface area (Å²) in [6.07, 6.45) is -1.51. The van der Waals surface area contributed by atoms with E-state index in [0.29, 0.717) is 5.69 Å². The van der Waals surface area contributed by atoms with Gasteiger partial charge in [-0.25, -0.2) is 0 Å². The highest BCUT2D eigenvalue weighted by molar-refractivity contribution is 6.04. The quantitative estimate of drug-likeness (QED) is 0.911. The average Bonchev–Trinajstić information content (AvgIpc) is 2.74. The van der Waals surface area contributed by atoms with E-state index in [0.717, 1.165) is 12.1 Å². The molecule has 0 bridgehead atoms. The van der Waals surface area contributed by atoms with Crippen LogP contribution in [0.5, 0.6) is 0 Å². The van der Waals surface area contributed by atoms with Gasteiger partial charge in [-0.05, 0) is 18.2 Å². The molecule has 0 saturated carbocycles. The van der Waals surface area contributed by atoms with Crippen LogP contribution in [0.4, 0.5) is 18.9 Å². The van der Waals surface area contributed by atoms with Crippen molar-refractivity contribution in [2.45, 2.75) is 6.18 Å². The highest BCUT2D eigenvalue weighted by Crippen LogP contribution is 2.29. The number of nitrogens with zero attached hydrogens (tertiary/aromatic N) is 2. The van der Waals surface area contributed by atoms with E-state index in [-0.39, 0.29) is 5.56 Å². The van der Waals surface area contributed by atoms with Crippen molar-refractivity contribution >= 4 is 11.6 Å². The first-order chi connectivity index (χ1) is 8.86. The number of nitrogens with one attached hydrogen (secondary N) is 1. The summed E-state index contributed by atoms with van der Waals surface area (Å²) in [6.45, 7) is 0. The van der Waals surface area contributed by atoms with Crippen molar-refractivity contribution in [3.8, 4) is 0 Å². The van der Waals surface area contributed by atoms with Crippen molar-refractivity contribution in [2.75, 3.05) is 5.32 Å². The summed E-state index contributed by atoms with van der Waals surface area (Å²) in [5.41, 5.74) is -0.491. The summed E-state index contributed by atoms with van der Waals surface area (Å²) in [6, 6.07) is 4.24. The first-order valence-electron chi connectivity index (χ1n) is 5.33. The first-order valence-corrected chi connectivity index (χ1v) is 5.33. The molecule has 1 aromatic carbocycles. The number of hydrogen-bond donors (Lipinski definition) is 1. The number of anilines is 1. The lowest BCUT2D eigenvalue weighted by Gasteiger charge is -2.08. The molecule has 0 spiro atoms. The fourth-order valence-electron chi connectivity index (χ4n) is 1.53. The van der Waals surface area contributed by atoms with Crippen LogP contribution in [0, 0.1) is 0 Å². The minimum Gasteiger partial charge on any atom is -0.319 e. The van der Waals surface area contributed by atoms with Gasteiger partial charge in [0.1, 0.15) is 0 Å². The Bertz CT molecular complexity index is 604. The second kappa shape index (κ2) is 4.75. The largest absolute Gasteiger partial charge is 0.416 e. The standard InChI is InChI=1S/C12H10F3N3O/c1-18-7-10(6-16-18)17-11(19)8-3-2-4-9(5-8)12(13,14)15/h2-7H,1H3,(H,17,19). The number of amides is 1. The van der Waals surface area contributed by atoms with Crippen LogP contribution in [0.1, 0.15) is 15.9 Å². The lowest BCUT2D eigenvalue weighted by atomic mass is 10.1. The van der Waals surface area contributed by atoms with Gasteiger partial charge < -0.3 is 5.32 Å². The molecule has 4 nitrogen and oxygen atoms in total. The maximum atomic E-state index is 12.5. The maximum absolute atomic E-state index is 12.5. The third-order valence-corrected chi connectivity index (χ3v) is 2.41. The second-order valence-electron chi connectivity index (χ2n) is 3.94. The number of rotatable bonds is 2. The molecule has 0 saturated heterocycles. The summed E-state index contributed by atoms with van der Waals surface area (Å²) in [5, 5.41) is 6.31. The highest BCUT2D eigenvalue weighted by atomic mass is 19.4. The Hall–Kier alpha value is -2.31. The minimum atomic E-state index is -4.47. The molecule has 100 valence electrons. The van der Waals surface area contributed by atoms with Gasteiger partial charge in [0, 0.05) is 18.8 Å². The fourth-order valence-corrected chi connectivity index (χ4v) is 1.53. The normalized spacial score (nSPS) is 11.4. The SMILES string of the molecule is Cn1cc(NC(=O)c2cccc(C(F)(F)F)c2)cn1. The summed E-state index contributed by atoms with van der Waals surface area (Å²) in [5.74, 6) is -0.612.